The number of alkyl halides is 9. The van der Waals surface area contributed by atoms with Gasteiger partial charge in [-0.25, -0.2) is 0 Å². The predicted molar refractivity (Wildman–Crippen MR) is 99.7 cm³/mol. The third-order valence-electron chi connectivity index (χ3n) is 4.56. The van der Waals surface area contributed by atoms with Crippen LogP contribution in [-0.2, 0) is 15.0 Å². The summed E-state index contributed by atoms with van der Waals surface area (Å²) < 4.78 is 140. The minimum atomic E-state index is -7.03. The van der Waals surface area contributed by atoms with E-state index >= 15 is 0 Å². The van der Waals surface area contributed by atoms with Crippen molar-refractivity contribution < 1.29 is 87.6 Å². The molecule has 0 saturated carbocycles. The molecule has 0 aromatic heterocycles. The maximum atomic E-state index is 14.1. The normalized spacial score (nSPS) is 15.6. The Bertz CT molecular complexity index is 1000. The van der Waals surface area contributed by atoms with Crippen LogP contribution in [0.2, 0.25) is 0 Å². The molecular weight excluding hydrogens is 529 g/mol. The molecule has 0 aliphatic carbocycles. The maximum Gasteiger partial charge on any atom is 1.00 e. The molecule has 15 heteroatoms. The zero-order chi connectivity index (χ0) is 26.0. The number of phosphoric ester groups is 1. The molecule has 2 aromatic rings. The van der Waals surface area contributed by atoms with Crippen molar-refractivity contribution in [2.45, 2.75) is 49.8 Å². The van der Waals surface area contributed by atoms with E-state index in [-0.39, 0.29) is 59.4 Å². The second kappa shape index (κ2) is 11.4. The van der Waals surface area contributed by atoms with Gasteiger partial charge in [0, 0.05) is 5.56 Å². The summed E-state index contributed by atoms with van der Waals surface area (Å²) >= 11 is 0. The first-order valence-electron chi connectivity index (χ1n) is 9.51. The van der Waals surface area contributed by atoms with Crippen LogP contribution in [0.3, 0.4) is 0 Å². The molecule has 0 amide bonds. The number of para-hydroxylation sites is 1. The summed E-state index contributed by atoms with van der Waals surface area (Å²) in [4.78, 5) is 12.2. The minimum absolute atomic E-state index is 0. The van der Waals surface area contributed by atoms with Crippen LogP contribution in [0, 0.1) is 0 Å². The number of hydrogen-bond donors (Lipinski definition) is 0. The van der Waals surface area contributed by atoms with Crippen LogP contribution in [0.4, 0.5) is 39.5 Å². The van der Waals surface area contributed by atoms with Gasteiger partial charge in [-0.3, -0.25) is 4.57 Å². The minimum Gasteiger partial charge on any atom is -0.746 e. The first-order valence-corrected chi connectivity index (χ1v) is 11.0. The van der Waals surface area contributed by atoms with Crippen LogP contribution in [-0.4, -0.2) is 18.0 Å². The van der Waals surface area contributed by atoms with Gasteiger partial charge in [-0.05, 0) is 24.1 Å². The van der Waals surface area contributed by atoms with Gasteiger partial charge in [-0.1, -0.05) is 55.8 Å². The summed E-state index contributed by atoms with van der Waals surface area (Å²) in [6.45, 7) is 1.60. The second-order valence-corrected chi connectivity index (χ2v) is 8.37. The van der Waals surface area contributed by atoms with E-state index in [1.54, 1.807) is 13.0 Å². The van der Waals surface area contributed by atoms with Crippen molar-refractivity contribution in [1.82, 2.24) is 0 Å². The van der Waals surface area contributed by atoms with Crippen LogP contribution in [0.25, 0.3) is 0 Å². The number of halogens is 9. The van der Waals surface area contributed by atoms with E-state index in [1.165, 1.54) is 24.3 Å². The molecule has 0 heterocycles. The summed E-state index contributed by atoms with van der Waals surface area (Å²) in [7, 11) is -5.02. The quantitative estimate of drug-likeness (QED) is 0.257. The molecule has 2 atom stereocenters. The molecule has 0 spiro atoms. The third-order valence-corrected chi connectivity index (χ3v) is 5.50. The summed E-state index contributed by atoms with van der Waals surface area (Å²) in [5, 5.41) is 0. The van der Waals surface area contributed by atoms with Gasteiger partial charge in [0.15, 0.2) is 0 Å². The standard InChI is InChI=1S/C20H18F9O4P.Na/c1-2-6-16(33-34(30,31)32-15-7-4-3-5-8-15)13-9-11-14(12-10-13)17(21,22)18(23,24)19(25,26)20(27,28)29;/h3-5,7-12,16H,2,6H2,1H3,(H,30,31);/q;+1/p-1. The van der Waals surface area contributed by atoms with Gasteiger partial charge in [-0.2, -0.15) is 39.5 Å². The molecule has 2 aromatic carbocycles. The average molecular weight is 546 g/mol. The second-order valence-electron chi connectivity index (χ2n) is 7.08. The molecule has 2 unspecified atom stereocenters. The van der Waals surface area contributed by atoms with Crippen LogP contribution >= 0.6 is 7.82 Å². The van der Waals surface area contributed by atoms with Crippen LogP contribution in [0.5, 0.6) is 5.75 Å². The fraction of sp³-hybridized carbons (Fsp3) is 0.400. The first-order chi connectivity index (χ1) is 15.5. The number of hydrogen-bond acceptors (Lipinski definition) is 4. The Labute approximate surface area is 216 Å². The van der Waals surface area contributed by atoms with Gasteiger partial charge >= 0.3 is 61.3 Å². The van der Waals surface area contributed by atoms with Crippen molar-refractivity contribution in [1.29, 1.82) is 0 Å². The summed E-state index contributed by atoms with van der Waals surface area (Å²) in [6.07, 6.45) is -8.02. The molecule has 0 N–H and O–H groups in total. The average Bonchev–Trinajstić information content (AvgIpc) is 2.72. The van der Waals surface area contributed by atoms with Crippen LogP contribution < -0.4 is 39.0 Å². The van der Waals surface area contributed by atoms with E-state index in [4.69, 9.17) is 9.05 Å². The van der Waals surface area contributed by atoms with Gasteiger partial charge in [0.2, 0.25) is 0 Å². The predicted octanol–water partition coefficient (Wildman–Crippen LogP) is 4.02. The summed E-state index contributed by atoms with van der Waals surface area (Å²) in [5.74, 6) is -19.9. The van der Waals surface area contributed by atoms with E-state index < -0.39 is 43.4 Å². The maximum absolute atomic E-state index is 14.1. The van der Waals surface area contributed by atoms with E-state index in [0.717, 1.165) is 0 Å². The van der Waals surface area contributed by atoms with Crippen LogP contribution in [0.1, 0.15) is 37.0 Å². The molecule has 35 heavy (non-hydrogen) atoms. The van der Waals surface area contributed by atoms with Crippen molar-refractivity contribution in [3.8, 4) is 5.75 Å². The Morgan fingerprint density at radius 3 is 1.83 bits per heavy atom. The van der Waals surface area contributed by atoms with Crippen molar-refractivity contribution in [3.05, 3.63) is 65.7 Å². The number of benzene rings is 2. The third kappa shape index (κ3) is 6.95. The van der Waals surface area contributed by atoms with Crippen LogP contribution in [0.15, 0.2) is 54.6 Å². The Hall–Kier alpha value is -1.24. The van der Waals surface area contributed by atoms with Gasteiger partial charge in [0.05, 0.1) is 6.10 Å². The summed E-state index contributed by atoms with van der Waals surface area (Å²) in [6, 6.07) is 8.82. The zero-order valence-corrected chi connectivity index (χ0v) is 21.1. The van der Waals surface area contributed by atoms with Crippen molar-refractivity contribution in [3.63, 3.8) is 0 Å². The number of rotatable bonds is 10. The molecule has 0 radical (unpaired) electrons. The van der Waals surface area contributed by atoms with Crippen molar-refractivity contribution in [2.75, 3.05) is 0 Å². The topological polar surface area (TPSA) is 58.6 Å². The molecule has 0 fully saturated rings. The summed E-state index contributed by atoms with van der Waals surface area (Å²) in [5.41, 5.74) is -1.99. The Morgan fingerprint density at radius 1 is 0.857 bits per heavy atom. The molecule has 190 valence electrons. The SMILES string of the molecule is CCCC(OP(=O)([O-])Oc1ccccc1)c1ccc(C(F)(F)C(F)(F)C(F)(F)C(F)(F)F)cc1.[Na+]. The fourth-order valence-corrected chi connectivity index (χ4v) is 3.76. The Kier molecular flexibility index (Phi) is 10.4. The van der Waals surface area contributed by atoms with Gasteiger partial charge in [0.1, 0.15) is 5.75 Å². The van der Waals surface area contributed by atoms with E-state index in [0.29, 0.717) is 18.6 Å². The van der Waals surface area contributed by atoms with Gasteiger partial charge in [-0.15, -0.1) is 0 Å². The van der Waals surface area contributed by atoms with E-state index in [2.05, 4.69) is 0 Å². The van der Waals surface area contributed by atoms with Crippen molar-refractivity contribution in [2.24, 2.45) is 0 Å². The first kappa shape index (κ1) is 31.8. The molecule has 0 aliphatic rings. The van der Waals surface area contributed by atoms with E-state index in [1.807, 2.05) is 0 Å². The molecule has 0 bridgehead atoms. The molecule has 4 nitrogen and oxygen atoms in total. The van der Waals surface area contributed by atoms with Crippen molar-refractivity contribution >= 4 is 7.82 Å². The smallest absolute Gasteiger partial charge is 0.746 e. The molecule has 0 aliphatic heterocycles. The Morgan fingerprint density at radius 2 is 1.37 bits per heavy atom. The van der Waals surface area contributed by atoms with Gasteiger partial charge in [0.25, 0.3) is 0 Å². The zero-order valence-electron chi connectivity index (χ0n) is 18.2. The van der Waals surface area contributed by atoms with E-state index in [9.17, 15) is 49.0 Å². The molecule has 0 saturated heterocycles. The Balaban J connectivity index is 0.00000612. The largest absolute Gasteiger partial charge is 1.00 e. The molecule has 2 rings (SSSR count). The fourth-order valence-electron chi connectivity index (χ4n) is 2.79. The number of phosphoric acid groups is 1. The monoisotopic (exact) mass is 546 g/mol. The molecular formula is C20H17F9NaO4P. The van der Waals surface area contributed by atoms with Gasteiger partial charge < -0.3 is 13.9 Å².